The number of hydrogen-bond donors (Lipinski definition) is 1. The molecule has 60 valence electrons. The van der Waals surface area contributed by atoms with Crippen LogP contribution in [0.15, 0.2) is 12.3 Å². The molecule has 2 N–H and O–H groups in total. The van der Waals surface area contributed by atoms with Crippen LogP contribution in [-0.2, 0) is 0 Å². The van der Waals surface area contributed by atoms with Crippen molar-refractivity contribution in [1.82, 2.24) is 4.98 Å². The summed E-state index contributed by atoms with van der Waals surface area (Å²) in [6, 6.07) is 1.25. The van der Waals surface area contributed by atoms with Crippen LogP contribution in [0.2, 0.25) is 5.02 Å². The average molecular weight is 179 g/mol. The number of rotatable bonds is 1. The minimum Gasteiger partial charge on any atom is -0.397 e. The predicted molar refractivity (Wildman–Crippen MR) is 38.6 cm³/mol. The quantitative estimate of drug-likeness (QED) is 0.717. The molecule has 0 radical (unpaired) electrons. The second-order valence-electron chi connectivity index (χ2n) is 1.93. The van der Waals surface area contributed by atoms with Gasteiger partial charge in [0.05, 0.1) is 10.7 Å². The second kappa shape index (κ2) is 3.00. The average Bonchev–Trinajstić information content (AvgIpc) is 1.85. The molecule has 0 saturated carbocycles. The zero-order valence-corrected chi connectivity index (χ0v) is 6.15. The van der Waals surface area contributed by atoms with E-state index in [1.165, 1.54) is 6.07 Å². The smallest absolute Gasteiger partial charge is 0.282 e. The molecule has 1 aromatic rings. The van der Waals surface area contributed by atoms with E-state index in [4.69, 9.17) is 17.3 Å². The van der Waals surface area contributed by atoms with Gasteiger partial charge in [-0.15, -0.1) is 0 Å². The molecule has 1 rings (SSSR count). The van der Waals surface area contributed by atoms with E-state index in [2.05, 4.69) is 4.98 Å². The summed E-state index contributed by atoms with van der Waals surface area (Å²) >= 11 is 5.43. The zero-order chi connectivity index (χ0) is 8.43. The predicted octanol–water partition coefficient (Wildman–Crippen LogP) is 2.25. The van der Waals surface area contributed by atoms with Gasteiger partial charge in [0.1, 0.15) is 5.69 Å². The van der Waals surface area contributed by atoms with Gasteiger partial charge in [-0.05, 0) is 6.07 Å². The standard InChI is InChI=1S/C6H5ClF2N2/c7-3-1-4(10)5(6(8)9)11-2-3/h1-2,6H,10H2. The summed E-state index contributed by atoms with van der Waals surface area (Å²) in [7, 11) is 0. The van der Waals surface area contributed by atoms with Gasteiger partial charge >= 0.3 is 0 Å². The molecule has 0 amide bonds. The lowest BCUT2D eigenvalue weighted by Gasteiger charge is -2.01. The Morgan fingerprint density at radius 2 is 2.18 bits per heavy atom. The van der Waals surface area contributed by atoms with Crippen LogP contribution in [-0.4, -0.2) is 4.98 Å². The maximum absolute atomic E-state index is 12.0. The Balaban J connectivity index is 3.09. The molecule has 11 heavy (non-hydrogen) atoms. The Bertz CT molecular complexity index is 265. The number of anilines is 1. The van der Waals surface area contributed by atoms with Crippen molar-refractivity contribution in [3.05, 3.63) is 23.0 Å². The fourth-order valence-electron chi connectivity index (χ4n) is 0.648. The van der Waals surface area contributed by atoms with Crippen LogP contribution >= 0.6 is 11.6 Å². The molecule has 0 aliphatic carbocycles. The molecule has 0 aliphatic rings. The Kier molecular flexibility index (Phi) is 2.24. The fraction of sp³-hybridized carbons (Fsp3) is 0.167. The van der Waals surface area contributed by atoms with Gasteiger partial charge in [-0.25, -0.2) is 8.78 Å². The first-order valence-electron chi connectivity index (χ1n) is 2.80. The van der Waals surface area contributed by atoms with Gasteiger partial charge in [0.25, 0.3) is 6.43 Å². The van der Waals surface area contributed by atoms with E-state index in [0.717, 1.165) is 6.20 Å². The SMILES string of the molecule is Nc1cc(Cl)cnc1C(F)F. The summed E-state index contributed by atoms with van der Waals surface area (Å²) < 4.78 is 23.9. The van der Waals surface area contributed by atoms with Crippen molar-refractivity contribution in [3.63, 3.8) is 0 Å². The van der Waals surface area contributed by atoms with Crippen LogP contribution in [0.25, 0.3) is 0 Å². The van der Waals surface area contributed by atoms with Crippen molar-refractivity contribution < 1.29 is 8.78 Å². The zero-order valence-electron chi connectivity index (χ0n) is 5.39. The Hall–Kier alpha value is -0.900. The van der Waals surface area contributed by atoms with E-state index in [9.17, 15) is 8.78 Å². The number of aromatic nitrogens is 1. The van der Waals surface area contributed by atoms with E-state index < -0.39 is 12.1 Å². The van der Waals surface area contributed by atoms with Gasteiger partial charge in [0.15, 0.2) is 0 Å². The first kappa shape index (κ1) is 8.20. The van der Waals surface area contributed by atoms with Crippen LogP contribution in [0.4, 0.5) is 14.5 Å². The van der Waals surface area contributed by atoms with Crippen molar-refractivity contribution >= 4 is 17.3 Å². The van der Waals surface area contributed by atoms with E-state index in [1.54, 1.807) is 0 Å². The Morgan fingerprint density at radius 1 is 1.55 bits per heavy atom. The molecular formula is C6H5ClF2N2. The molecule has 0 fully saturated rings. The van der Waals surface area contributed by atoms with Gasteiger partial charge < -0.3 is 5.73 Å². The molecule has 0 saturated heterocycles. The number of nitrogens with two attached hydrogens (primary N) is 1. The topological polar surface area (TPSA) is 38.9 Å². The number of nitrogen functional groups attached to an aromatic ring is 1. The number of pyridine rings is 1. The molecule has 1 heterocycles. The van der Waals surface area contributed by atoms with Crippen LogP contribution in [0, 0.1) is 0 Å². The highest BCUT2D eigenvalue weighted by Gasteiger charge is 2.12. The van der Waals surface area contributed by atoms with E-state index in [1.807, 2.05) is 0 Å². The molecule has 0 spiro atoms. The molecule has 5 heteroatoms. The summed E-state index contributed by atoms with van der Waals surface area (Å²) in [5.41, 5.74) is 4.70. The highest BCUT2D eigenvalue weighted by atomic mass is 35.5. The van der Waals surface area contributed by atoms with Crippen molar-refractivity contribution in [1.29, 1.82) is 0 Å². The van der Waals surface area contributed by atoms with Crippen LogP contribution in [0.5, 0.6) is 0 Å². The maximum Gasteiger partial charge on any atom is 0.282 e. The summed E-state index contributed by atoms with van der Waals surface area (Å²) in [5, 5.41) is 0.256. The highest BCUT2D eigenvalue weighted by Crippen LogP contribution is 2.24. The first-order valence-corrected chi connectivity index (χ1v) is 3.18. The summed E-state index contributed by atoms with van der Waals surface area (Å²) in [4.78, 5) is 3.37. The van der Waals surface area contributed by atoms with E-state index in [-0.39, 0.29) is 10.7 Å². The van der Waals surface area contributed by atoms with Crippen molar-refractivity contribution in [3.8, 4) is 0 Å². The second-order valence-corrected chi connectivity index (χ2v) is 2.37. The summed E-state index contributed by atoms with van der Waals surface area (Å²) in [6.45, 7) is 0. The third-order valence-electron chi connectivity index (χ3n) is 1.12. The monoisotopic (exact) mass is 178 g/mol. The van der Waals surface area contributed by atoms with Crippen molar-refractivity contribution in [2.45, 2.75) is 6.43 Å². The maximum atomic E-state index is 12.0. The van der Waals surface area contributed by atoms with Gasteiger partial charge in [-0.3, -0.25) is 4.98 Å². The van der Waals surface area contributed by atoms with Gasteiger partial charge in [-0.1, -0.05) is 11.6 Å². The lowest BCUT2D eigenvalue weighted by molar-refractivity contribution is 0.147. The lowest BCUT2D eigenvalue weighted by atomic mass is 10.3. The molecule has 0 aromatic carbocycles. The van der Waals surface area contributed by atoms with Crippen LogP contribution in [0.3, 0.4) is 0 Å². The normalized spacial score (nSPS) is 10.5. The number of hydrogen-bond acceptors (Lipinski definition) is 2. The molecule has 0 bridgehead atoms. The van der Waals surface area contributed by atoms with Gasteiger partial charge in [0, 0.05) is 6.20 Å². The third-order valence-corrected chi connectivity index (χ3v) is 1.33. The van der Waals surface area contributed by atoms with Crippen molar-refractivity contribution in [2.75, 3.05) is 5.73 Å². The van der Waals surface area contributed by atoms with Gasteiger partial charge in [0.2, 0.25) is 0 Å². The largest absolute Gasteiger partial charge is 0.397 e. The minimum atomic E-state index is -2.65. The van der Waals surface area contributed by atoms with Crippen molar-refractivity contribution in [2.24, 2.45) is 0 Å². The van der Waals surface area contributed by atoms with E-state index >= 15 is 0 Å². The molecular weight excluding hydrogens is 174 g/mol. The van der Waals surface area contributed by atoms with Crippen LogP contribution in [0.1, 0.15) is 12.1 Å². The fourth-order valence-corrected chi connectivity index (χ4v) is 0.814. The molecule has 2 nitrogen and oxygen atoms in total. The number of nitrogens with zero attached hydrogens (tertiary/aromatic N) is 1. The Morgan fingerprint density at radius 3 is 2.64 bits per heavy atom. The van der Waals surface area contributed by atoms with Crippen LogP contribution < -0.4 is 5.73 Å². The Labute approximate surface area is 67.0 Å². The molecule has 0 atom stereocenters. The first-order chi connectivity index (χ1) is 5.11. The summed E-state index contributed by atoms with van der Waals surface area (Å²) in [6.07, 6.45) is -1.51. The molecule has 0 aliphatic heterocycles. The number of halogens is 3. The lowest BCUT2D eigenvalue weighted by Crippen LogP contribution is -1.97. The number of alkyl halides is 2. The third kappa shape index (κ3) is 1.77. The van der Waals surface area contributed by atoms with Gasteiger partial charge in [-0.2, -0.15) is 0 Å². The van der Waals surface area contributed by atoms with E-state index in [0.29, 0.717) is 0 Å². The highest BCUT2D eigenvalue weighted by molar-refractivity contribution is 6.30. The summed E-state index contributed by atoms with van der Waals surface area (Å²) in [5.74, 6) is 0. The molecule has 1 aromatic heterocycles. The minimum absolute atomic E-state index is 0.0764. The molecule has 0 unspecified atom stereocenters.